The van der Waals surface area contributed by atoms with E-state index in [1.807, 2.05) is 48.5 Å². The van der Waals surface area contributed by atoms with Gasteiger partial charge in [0.1, 0.15) is 16.6 Å². The fraction of sp³-hybridized carbons (Fsp3) is 0.294. The molecule has 1 aromatic heterocycles. The zero-order valence-electron chi connectivity index (χ0n) is 12.1. The second-order valence-electron chi connectivity index (χ2n) is 5.91. The molecule has 22 heavy (non-hydrogen) atoms. The molecule has 0 aliphatic carbocycles. The van der Waals surface area contributed by atoms with Crippen molar-refractivity contribution in [2.24, 2.45) is 0 Å². The van der Waals surface area contributed by atoms with Crippen molar-refractivity contribution in [2.45, 2.75) is 18.6 Å². The lowest BCUT2D eigenvalue weighted by molar-refractivity contribution is 0.0453. The molecule has 0 spiro atoms. The summed E-state index contributed by atoms with van der Waals surface area (Å²) in [4.78, 5) is 2.25. The average molecular weight is 295 g/mol. The topological polar surface area (TPSA) is 62.4 Å². The van der Waals surface area contributed by atoms with Crippen molar-refractivity contribution in [3.8, 4) is 0 Å². The van der Waals surface area contributed by atoms with Crippen molar-refractivity contribution in [1.29, 1.82) is 0 Å². The molecule has 0 saturated carbocycles. The summed E-state index contributed by atoms with van der Waals surface area (Å²) in [5, 5.41) is 18.8. The first-order valence-electron chi connectivity index (χ1n) is 7.45. The summed E-state index contributed by atoms with van der Waals surface area (Å²) in [6, 6.07) is 15.8. The molecule has 5 nitrogen and oxygen atoms in total. The smallest absolute Gasteiger partial charge is 0.139 e. The van der Waals surface area contributed by atoms with Crippen LogP contribution < -0.4 is 0 Å². The Morgan fingerprint density at radius 1 is 1.09 bits per heavy atom. The molecule has 2 aromatic carbocycles. The van der Waals surface area contributed by atoms with Crippen molar-refractivity contribution in [2.75, 3.05) is 13.1 Å². The lowest BCUT2D eigenvalue weighted by Gasteiger charge is -2.24. The van der Waals surface area contributed by atoms with E-state index in [0.717, 1.165) is 41.7 Å². The molecule has 1 N–H and O–H groups in total. The third-order valence-electron chi connectivity index (χ3n) is 4.40. The Morgan fingerprint density at radius 3 is 2.82 bits per heavy atom. The van der Waals surface area contributed by atoms with Crippen LogP contribution in [0.3, 0.4) is 0 Å². The summed E-state index contributed by atoms with van der Waals surface area (Å²) < 4.78 is 4.81. The molecule has 0 radical (unpaired) electrons. The standard InChI is InChI=1S/C17H17N3O2/c21-17(14-6-2-1-3-7-14)9-10-20(12-17)11-13-5-4-8-15-16(13)19-22-18-15/h1-8,21H,9-12H2/t17-/m0/s1. The number of aromatic nitrogens is 2. The quantitative estimate of drug-likeness (QED) is 0.803. The fourth-order valence-electron chi connectivity index (χ4n) is 3.22. The van der Waals surface area contributed by atoms with Crippen LogP contribution in [0.25, 0.3) is 11.0 Å². The molecule has 1 atom stereocenters. The molecule has 1 aliphatic rings. The van der Waals surface area contributed by atoms with Gasteiger partial charge in [0.15, 0.2) is 0 Å². The lowest BCUT2D eigenvalue weighted by atomic mass is 9.93. The number of likely N-dealkylation sites (tertiary alicyclic amines) is 1. The number of hydrogen-bond donors (Lipinski definition) is 1. The fourth-order valence-corrected chi connectivity index (χ4v) is 3.22. The Hall–Kier alpha value is -2.24. The molecule has 1 fully saturated rings. The number of nitrogens with zero attached hydrogens (tertiary/aromatic N) is 3. The van der Waals surface area contributed by atoms with E-state index >= 15 is 0 Å². The second-order valence-corrected chi connectivity index (χ2v) is 5.91. The molecule has 1 aliphatic heterocycles. The van der Waals surface area contributed by atoms with E-state index in [0.29, 0.717) is 6.54 Å². The van der Waals surface area contributed by atoms with Gasteiger partial charge in [-0.15, -0.1) is 0 Å². The molecule has 0 bridgehead atoms. The predicted molar refractivity (Wildman–Crippen MR) is 82.0 cm³/mol. The summed E-state index contributed by atoms with van der Waals surface area (Å²) in [7, 11) is 0. The zero-order valence-corrected chi connectivity index (χ0v) is 12.1. The highest BCUT2D eigenvalue weighted by molar-refractivity contribution is 5.76. The summed E-state index contributed by atoms with van der Waals surface area (Å²) in [5.41, 5.74) is 2.87. The van der Waals surface area contributed by atoms with Gasteiger partial charge in [-0.25, -0.2) is 4.63 Å². The Morgan fingerprint density at radius 2 is 1.95 bits per heavy atom. The third kappa shape index (κ3) is 2.28. The average Bonchev–Trinajstić information content (AvgIpc) is 3.17. The molecule has 1 saturated heterocycles. The normalized spacial score (nSPS) is 22.4. The van der Waals surface area contributed by atoms with Gasteiger partial charge in [-0.05, 0) is 33.9 Å². The monoisotopic (exact) mass is 295 g/mol. The van der Waals surface area contributed by atoms with Gasteiger partial charge in [0.25, 0.3) is 0 Å². The van der Waals surface area contributed by atoms with Crippen molar-refractivity contribution >= 4 is 11.0 Å². The highest BCUT2D eigenvalue weighted by Crippen LogP contribution is 2.32. The highest BCUT2D eigenvalue weighted by Gasteiger charge is 2.37. The predicted octanol–water partition coefficient (Wildman–Crippen LogP) is 2.32. The SMILES string of the molecule is O[C@@]1(c2ccccc2)CCN(Cc2cccc3nonc23)C1. The third-order valence-corrected chi connectivity index (χ3v) is 4.40. The minimum atomic E-state index is -0.767. The number of fused-ring (bicyclic) bond motifs is 1. The summed E-state index contributed by atoms with van der Waals surface area (Å²) >= 11 is 0. The summed E-state index contributed by atoms with van der Waals surface area (Å²) in [6.07, 6.45) is 0.740. The van der Waals surface area contributed by atoms with Crippen LogP contribution in [0.2, 0.25) is 0 Å². The Kier molecular flexibility index (Phi) is 3.17. The minimum absolute atomic E-state index is 0.624. The van der Waals surface area contributed by atoms with Gasteiger partial charge >= 0.3 is 0 Å². The highest BCUT2D eigenvalue weighted by atomic mass is 16.6. The van der Waals surface area contributed by atoms with E-state index < -0.39 is 5.60 Å². The molecule has 2 heterocycles. The minimum Gasteiger partial charge on any atom is -0.384 e. The van der Waals surface area contributed by atoms with Gasteiger partial charge in [0, 0.05) is 19.6 Å². The first-order valence-corrected chi connectivity index (χ1v) is 7.45. The Labute approximate surface area is 128 Å². The second kappa shape index (κ2) is 5.19. The van der Waals surface area contributed by atoms with Crippen LogP contribution in [-0.4, -0.2) is 33.4 Å². The maximum absolute atomic E-state index is 10.9. The van der Waals surface area contributed by atoms with Crippen molar-refractivity contribution in [3.05, 3.63) is 59.7 Å². The van der Waals surface area contributed by atoms with Gasteiger partial charge < -0.3 is 5.11 Å². The van der Waals surface area contributed by atoms with Crippen LogP contribution in [0.4, 0.5) is 0 Å². The van der Waals surface area contributed by atoms with E-state index in [2.05, 4.69) is 15.2 Å². The summed E-state index contributed by atoms with van der Waals surface area (Å²) in [5.74, 6) is 0. The van der Waals surface area contributed by atoms with Crippen LogP contribution in [0, 0.1) is 0 Å². The Balaban J connectivity index is 1.55. The van der Waals surface area contributed by atoms with E-state index in [4.69, 9.17) is 4.63 Å². The molecule has 4 rings (SSSR count). The van der Waals surface area contributed by atoms with Gasteiger partial charge in [-0.2, -0.15) is 0 Å². The van der Waals surface area contributed by atoms with Crippen LogP contribution >= 0.6 is 0 Å². The number of β-amino-alcohol motifs (C(OH)–C–C–N with tert-alkyl or cyclic N) is 1. The van der Waals surface area contributed by atoms with Crippen molar-refractivity contribution in [1.82, 2.24) is 15.2 Å². The molecular weight excluding hydrogens is 278 g/mol. The number of aliphatic hydroxyl groups is 1. The van der Waals surface area contributed by atoms with Crippen LogP contribution in [-0.2, 0) is 12.1 Å². The van der Waals surface area contributed by atoms with Crippen LogP contribution in [0.1, 0.15) is 17.5 Å². The van der Waals surface area contributed by atoms with Crippen LogP contribution in [0.15, 0.2) is 53.2 Å². The molecular formula is C17H17N3O2. The van der Waals surface area contributed by atoms with Gasteiger partial charge in [-0.1, -0.05) is 42.5 Å². The maximum Gasteiger partial charge on any atom is 0.139 e. The van der Waals surface area contributed by atoms with Gasteiger partial charge in [0.05, 0.1) is 0 Å². The van der Waals surface area contributed by atoms with Crippen molar-refractivity contribution in [3.63, 3.8) is 0 Å². The van der Waals surface area contributed by atoms with E-state index in [1.165, 1.54) is 0 Å². The van der Waals surface area contributed by atoms with Crippen LogP contribution in [0.5, 0.6) is 0 Å². The van der Waals surface area contributed by atoms with E-state index in [9.17, 15) is 5.11 Å². The molecule has 112 valence electrons. The first-order chi connectivity index (χ1) is 10.7. The maximum atomic E-state index is 10.9. The number of benzene rings is 2. The molecule has 5 heteroatoms. The van der Waals surface area contributed by atoms with Gasteiger partial charge in [0.2, 0.25) is 0 Å². The zero-order chi connectivity index (χ0) is 15.0. The number of rotatable bonds is 3. The van der Waals surface area contributed by atoms with Gasteiger partial charge in [-0.3, -0.25) is 4.90 Å². The molecule has 3 aromatic rings. The largest absolute Gasteiger partial charge is 0.384 e. The number of hydrogen-bond acceptors (Lipinski definition) is 5. The lowest BCUT2D eigenvalue weighted by Crippen LogP contribution is -2.30. The van der Waals surface area contributed by atoms with Crippen molar-refractivity contribution < 1.29 is 9.74 Å². The van der Waals surface area contributed by atoms with E-state index in [-0.39, 0.29) is 0 Å². The molecule has 0 unspecified atom stereocenters. The Bertz CT molecular complexity index is 787. The summed E-state index contributed by atoms with van der Waals surface area (Å²) in [6.45, 7) is 2.21. The molecule has 0 amide bonds. The van der Waals surface area contributed by atoms with E-state index in [1.54, 1.807) is 0 Å². The first kappa shape index (κ1) is 13.4.